The summed E-state index contributed by atoms with van der Waals surface area (Å²) in [5.74, 6) is -0.857. The van der Waals surface area contributed by atoms with Crippen LogP contribution in [0.5, 0.6) is 0 Å². The van der Waals surface area contributed by atoms with Gasteiger partial charge in [-0.05, 0) is 13.3 Å². The Labute approximate surface area is 97.8 Å². The molecule has 0 heterocycles. The van der Waals surface area contributed by atoms with Crippen LogP contribution in [0, 0.1) is 0 Å². The fourth-order valence-corrected chi connectivity index (χ4v) is 1.66. The van der Waals surface area contributed by atoms with Gasteiger partial charge in [0.15, 0.2) is 0 Å². The molecule has 2 atom stereocenters. The number of nitrogens with one attached hydrogen (secondary N) is 2. The summed E-state index contributed by atoms with van der Waals surface area (Å²) in [6.45, 7) is 2.34. The van der Waals surface area contributed by atoms with Crippen LogP contribution in [0.4, 0.5) is 0 Å². The Morgan fingerprint density at radius 1 is 1.38 bits per heavy atom. The van der Waals surface area contributed by atoms with Crippen LogP contribution < -0.4 is 16.4 Å². The number of hydrogen-bond donors (Lipinski definition) is 3. The Balaban J connectivity index is 3.85. The average molecular weight is 249 g/mol. The van der Waals surface area contributed by atoms with Crippen LogP contribution in [0.25, 0.3) is 0 Å². The minimum atomic E-state index is -0.885. The molecule has 16 heavy (non-hydrogen) atoms. The molecule has 0 aliphatic rings. The van der Waals surface area contributed by atoms with Crippen molar-refractivity contribution in [3.63, 3.8) is 0 Å². The zero-order valence-electron chi connectivity index (χ0n) is 9.62. The highest BCUT2D eigenvalue weighted by atomic mass is 32.2. The van der Waals surface area contributed by atoms with Gasteiger partial charge < -0.3 is 16.4 Å². The molecule has 0 bridgehead atoms. The minimum Gasteiger partial charge on any atom is -0.347 e. The van der Waals surface area contributed by atoms with Gasteiger partial charge in [-0.2, -0.15) is 0 Å². The van der Waals surface area contributed by atoms with E-state index in [0.29, 0.717) is 18.7 Å². The molecule has 0 aromatic rings. The van der Waals surface area contributed by atoms with E-state index in [2.05, 4.69) is 10.6 Å². The molecule has 0 spiro atoms. The molecular formula is C9H19N3O3S. The molecule has 2 unspecified atom stereocenters. The summed E-state index contributed by atoms with van der Waals surface area (Å²) >= 11 is 0. The second-order valence-corrected chi connectivity index (χ2v) is 5.04. The van der Waals surface area contributed by atoms with E-state index < -0.39 is 22.6 Å². The van der Waals surface area contributed by atoms with Gasteiger partial charge in [-0.3, -0.25) is 13.8 Å². The summed E-state index contributed by atoms with van der Waals surface area (Å²) in [6, 6.07) is -0.167. The Bertz CT molecular complexity index is 271. The van der Waals surface area contributed by atoms with Crippen LogP contribution in [0.2, 0.25) is 0 Å². The van der Waals surface area contributed by atoms with Crippen LogP contribution in [0.3, 0.4) is 0 Å². The normalized spacial score (nSPS) is 13.9. The summed E-state index contributed by atoms with van der Waals surface area (Å²) < 4.78 is 10.8. The van der Waals surface area contributed by atoms with E-state index in [1.807, 2.05) is 0 Å². The van der Waals surface area contributed by atoms with E-state index in [9.17, 15) is 13.8 Å². The Morgan fingerprint density at radius 2 is 2.00 bits per heavy atom. The Kier molecular flexibility index (Phi) is 7.74. The van der Waals surface area contributed by atoms with Gasteiger partial charge >= 0.3 is 11.8 Å². The highest BCUT2D eigenvalue weighted by molar-refractivity contribution is 7.84. The molecule has 0 rings (SSSR count). The lowest BCUT2D eigenvalue weighted by molar-refractivity contribution is -0.139. The van der Waals surface area contributed by atoms with Gasteiger partial charge in [0.2, 0.25) is 0 Å². The van der Waals surface area contributed by atoms with Gasteiger partial charge in [-0.25, -0.2) is 0 Å². The van der Waals surface area contributed by atoms with Crippen molar-refractivity contribution in [2.45, 2.75) is 19.4 Å². The highest BCUT2D eigenvalue weighted by Gasteiger charge is 2.15. The van der Waals surface area contributed by atoms with E-state index in [1.165, 1.54) is 0 Å². The summed E-state index contributed by atoms with van der Waals surface area (Å²) in [4.78, 5) is 22.4. The molecule has 0 radical (unpaired) electrons. The molecule has 6 nitrogen and oxygen atoms in total. The lowest BCUT2D eigenvalue weighted by Gasteiger charge is -2.12. The largest absolute Gasteiger partial charge is 0.347 e. The second-order valence-electron chi connectivity index (χ2n) is 3.49. The standard InChI is InChI=1S/C9H19N3O3S/c1-7(3-6-16(2)15)12-9(14)8(13)11-5-4-10/h7H,3-6,10H2,1-2H3,(H,11,13)(H,12,14). The van der Waals surface area contributed by atoms with Crippen LogP contribution >= 0.6 is 0 Å². The van der Waals surface area contributed by atoms with Gasteiger partial charge in [-0.1, -0.05) is 0 Å². The summed E-state index contributed by atoms with van der Waals surface area (Å²) in [6.07, 6.45) is 2.18. The number of amides is 2. The summed E-state index contributed by atoms with van der Waals surface area (Å²) in [5.41, 5.74) is 5.18. The molecular weight excluding hydrogens is 230 g/mol. The third kappa shape index (κ3) is 7.36. The van der Waals surface area contributed by atoms with Crippen molar-refractivity contribution in [3.05, 3.63) is 0 Å². The first-order valence-corrected chi connectivity index (χ1v) is 6.79. The number of carbonyl (C=O) groups is 2. The molecule has 0 aliphatic carbocycles. The van der Waals surface area contributed by atoms with E-state index >= 15 is 0 Å². The lowest BCUT2D eigenvalue weighted by atomic mass is 10.2. The molecule has 0 saturated heterocycles. The van der Waals surface area contributed by atoms with E-state index in [-0.39, 0.29) is 12.6 Å². The van der Waals surface area contributed by atoms with Gasteiger partial charge in [0.05, 0.1) is 0 Å². The van der Waals surface area contributed by atoms with Gasteiger partial charge in [0.1, 0.15) is 0 Å². The molecule has 0 aliphatic heterocycles. The van der Waals surface area contributed by atoms with E-state index in [4.69, 9.17) is 5.73 Å². The van der Waals surface area contributed by atoms with Crippen molar-refractivity contribution < 1.29 is 13.8 Å². The average Bonchev–Trinajstić information content (AvgIpc) is 2.22. The SMILES string of the molecule is CC(CCS(C)=O)NC(=O)C(=O)NCCN. The maximum absolute atomic E-state index is 11.3. The van der Waals surface area contributed by atoms with Gasteiger partial charge in [0.25, 0.3) is 0 Å². The highest BCUT2D eigenvalue weighted by Crippen LogP contribution is 1.92. The minimum absolute atomic E-state index is 0.167. The molecule has 0 saturated carbocycles. The van der Waals surface area contributed by atoms with Crippen LogP contribution in [0.15, 0.2) is 0 Å². The quantitative estimate of drug-likeness (QED) is 0.490. The number of nitrogens with two attached hydrogens (primary N) is 1. The van der Waals surface area contributed by atoms with Crippen molar-refractivity contribution in [1.29, 1.82) is 0 Å². The molecule has 0 aromatic heterocycles. The van der Waals surface area contributed by atoms with Crippen molar-refractivity contribution >= 4 is 22.6 Å². The monoisotopic (exact) mass is 249 g/mol. The fourth-order valence-electron chi connectivity index (χ4n) is 0.970. The van der Waals surface area contributed by atoms with Gasteiger partial charge in [0, 0.05) is 41.9 Å². The van der Waals surface area contributed by atoms with Crippen LogP contribution in [-0.2, 0) is 20.4 Å². The topological polar surface area (TPSA) is 101 Å². The molecule has 0 aromatic carbocycles. The molecule has 94 valence electrons. The molecule has 0 fully saturated rings. The predicted octanol–water partition coefficient (Wildman–Crippen LogP) is -1.67. The van der Waals surface area contributed by atoms with Crippen molar-refractivity contribution in [1.82, 2.24) is 10.6 Å². The third-order valence-corrected chi connectivity index (χ3v) is 2.66. The van der Waals surface area contributed by atoms with Crippen LogP contribution in [-0.4, -0.2) is 47.2 Å². The van der Waals surface area contributed by atoms with Crippen molar-refractivity contribution in [3.8, 4) is 0 Å². The summed E-state index contributed by atoms with van der Waals surface area (Å²) in [5, 5.41) is 4.88. The predicted molar refractivity (Wildman–Crippen MR) is 63.2 cm³/mol. The number of rotatable bonds is 6. The Hall–Kier alpha value is -0.950. The number of hydrogen-bond acceptors (Lipinski definition) is 4. The van der Waals surface area contributed by atoms with E-state index in [1.54, 1.807) is 13.2 Å². The summed E-state index contributed by atoms with van der Waals surface area (Å²) in [7, 11) is -0.885. The fraction of sp³-hybridized carbons (Fsp3) is 0.778. The first-order valence-electron chi connectivity index (χ1n) is 5.06. The van der Waals surface area contributed by atoms with Crippen molar-refractivity contribution in [2.24, 2.45) is 5.73 Å². The molecule has 2 amide bonds. The lowest BCUT2D eigenvalue weighted by Crippen LogP contribution is -2.45. The number of carbonyl (C=O) groups excluding carboxylic acids is 2. The Morgan fingerprint density at radius 3 is 2.50 bits per heavy atom. The maximum Gasteiger partial charge on any atom is 0.309 e. The van der Waals surface area contributed by atoms with Crippen molar-refractivity contribution in [2.75, 3.05) is 25.1 Å². The first kappa shape index (κ1) is 15.0. The van der Waals surface area contributed by atoms with Crippen LogP contribution in [0.1, 0.15) is 13.3 Å². The molecule has 4 N–H and O–H groups in total. The first-order chi connectivity index (χ1) is 7.47. The maximum atomic E-state index is 11.3. The molecule has 7 heteroatoms. The second kappa shape index (κ2) is 8.23. The smallest absolute Gasteiger partial charge is 0.309 e. The third-order valence-electron chi connectivity index (χ3n) is 1.85. The zero-order valence-corrected chi connectivity index (χ0v) is 10.4. The zero-order chi connectivity index (χ0) is 12.6. The van der Waals surface area contributed by atoms with Gasteiger partial charge in [-0.15, -0.1) is 0 Å². The van der Waals surface area contributed by atoms with E-state index in [0.717, 1.165) is 0 Å².